The molecule has 8 nitrogen and oxygen atoms in total. The van der Waals surface area contributed by atoms with Gasteiger partial charge in [-0.25, -0.2) is 27.9 Å². The summed E-state index contributed by atoms with van der Waals surface area (Å²) in [4.78, 5) is 34.1. The monoisotopic (exact) mass is 473 g/mol. The normalized spacial score (nSPS) is 14.9. The van der Waals surface area contributed by atoms with E-state index in [0.29, 0.717) is 35.1 Å². The molecule has 0 aliphatic carbocycles. The van der Waals surface area contributed by atoms with Crippen molar-refractivity contribution < 1.29 is 23.1 Å². The van der Waals surface area contributed by atoms with Gasteiger partial charge in [0.25, 0.3) is 12.0 Å². The number of hydrogen-bond donors (Lipinski definition) is 2. The Morgan fingerprint density at radius 2 is 1.97 bits per heavy atom. The van der Waals surface area contributed by atoms with Crippen molar-refractivity contribution in [3.63, 3.8) is 0 Å². The molecule has 0 radical (unpaired) electrons. The lowest BCUT2D eigenvalue weighted by atomic mass is 10.0. The number of carboxylic acid groups (broad SMARTS) is 1. The van der Waals surface area contributed by atoms with E-state index in [1.165, 1.54) is 27.9 Å². The van der Waals surface area contributed by atoms with Gasteiger partial charge in [0.05, 0.1) is 17.0 Å². The van der Waals surface area contributed by atoms with E-state index < -0.39 is 29.9 Å². The number of halogens is 3. The predicted molar refractivity (Wildman–Crippen MR) is 120 cm³/mol. The molecule has 4 rings (SSSR count). The Bertz CT molecular complexity index is 1360. The Labute approximate surface area is 192 Å². The second kappa shape index (κ2) is 9.16. The van der Waals surface area contributed by atoms with E-state index in [4.69, 9.17) is 0 Å². The summed E-state index contributed by atoms with van der Waals surface area (Å²) in [5.41, 5.74) is 0.190. The van der Waals surface area contributed by atoms with E-state index in [1.54, 1.807) is 20.0 Å². The fourth-order valence-electron chi connectivity index (χ4n) is 4.07. The second-order valence-corrected chi connectivity index (χ2v) is 8.02. The molecule has 2 aromatic heterocycles. The van der Waals surface area contributed by atoms with Gasteiger partial charge in [0.1, 0.15) is 23.6 Å². The molecule has 3 heterocycles. The van der Waals surface area contributed by atoms with E-state index in [2.05, 4.69) is 15.3 Å². The number of fused-ring (bicyclic) bond motifs is 1. The Morgan fingerprint density at radius 3 is 2.68 bits per heavy atom. The number of nitrogens with zero attached hydrogens (tertiary/aromatic N) is 4. The highest BCUT2D eigenvalue weighted by Crippen LogP contribution is 2.30. The van der Waals surface area contributed by atoms with Crippen LogP contribution in [0.5, 0.6) is 0 Å². The molecular formula is C23H22F3N5O3. The Hall–Kier alpha value is -3.89. The SMILES string of the molecule is CC(Nc1ncnc2c1cc(C1=CCCN(C(=O)O)C1)c(=O)n2C)c1cccc(C(F)F)c1F. The molecule has 34 heavy (non-hydrogen) atoms. The molecule has 0 fully saturated rings. The third kappa shape index (κ3) is 4.20. The molecule has 1 aliphatic heterocycles. The van der Waals surface area contributed by atoms with Crippen LogP contribution < -0.4 is 10.9 Å². The van der Waals surface area contributed by atoms with Crippen LogP contribution in [0.1, 0.15) is 42.5 Å². The van der Waals surface area contributed by atoms with E-state index in [1.807, 2.05) is 6.08 Å². The summed E-state index contributed by atoms with van der Waals surface area (Å²) in [6.45, 7) is 2.01. The van der Waals surface area contributed by atoms with Gasteiger partial charge >= 0.3 is 6.09 Å². The minimum atomic E-state index is -2.95. The van der Waals surface area contributed by atoms with Crippen molar-refractivity contribution in [2.45, 2.75) is 25.8 Å². The first kappa shape index (κ1) is 23.3. The quantitative estimate of drug-likeness (QED) is 0.572. The molecule has 1 unspecified atom stereocenters. The van der Waals surface area contributed by atoms with Gasteiger partial charge in [-0.2, -0.15) is 0 Å². The van der Waals surface area contributed by atoms with Crippen molar-refractivity contribution in [2.24, 2.45) is 7.05 Å². The summed E-state index contributed by atoms with van der Waals surface area (Å²) in [6, 6.07) is 4.67. The molecular weight excluding hydrogens is 451 g/mol. The Kier molecular flexibility index (Phi) is 6.27. The summed E-state index contributed by atoms with van der Waals surface area (Å²) in [6.07, 6.45) is -0.480. The molecule has 0 saturated carbocycles. The number of benzene rings is 1. The molecule has 11 heteroatoms. The fourth-order valence-corrected chi connectivity index (χ4v) is 4.07. The highest BCUT2D eigenvalue weighted by Gasteiger charge is 2.23. The number of hydrogen-bond acceptors (Lipinski definition) is 5. The molecule has 0 saturated heterocycles. The maximum Gasteiger partial charge on any atom is 0.407 e. The number of anilines is 1. The van der Waals surface area contributed by atoms with Crippen molar-refractivity contribution in [1.82, 2.24) is 19.4 Å². The lowest BCUT2D eigenvalue weighted by molar-refractivity contribution is 0.146. The number of aromatic nitrogens is 3. The zero-order chi connectivity index (χ0) is 24.6. The predicted octanol–water partition coefficient (Wildman–Crippen LogP) is 4.35. The molecule has 178 valence electrons. The van der Waals surface area contributed by atoms with Crippen LogP contribution in [0.4, 0.5) is 23.8 Å². The van der Waals surface area contributed by atoms with Crippen LogP contribution in [0.25, 0.3) is 16.6 Å². The van der Waals surface area contributed by atoms with Crippen molar-refractivity contribution in [1.29, 1.82) is 0 Å². The molecule has 3 aromatic rings. The van der Waals surface area contributed by atoms with E-state index >= 15 is 0 Å². The molecule has 2 N–H and O–H groups in total. The zero-order valence-corrected chi connectivity index (χ0v) is 18.4. The summed E-state index contributed by atoms with van der Waals surface area (Å²) in [5, 5.41) is 12.8. The maximum absolute atomic E-state index is 14.7. The van der Waals surface area contributed by atoms with Crippen molar-refractivity contribution in [3.05, 3.63) is 69.5 Å². The Balaban J connectivity index is 1.77. The summed E-state index contributed by atoms with van der Waals surface area (Å²) < 4.78 is 42.2. The number of aryl methyl sites for hydroxylation is 1. The first-order chi connectivity index (χ1) is 16.2. The number of carbonyl (C=O) groups is 1. The number of amides is 1. The average molecular weight is 473 g/mol. The fraction of sp³-hybridized carbons (Fsp3) is 0.304. The highest BCUT2D eigenvalue weighted by molar-refractivity contribution is 5.90. The molecule has 1 aromatic carbocycles. The summed E-state index contributed by atoms with van der Waals surface area (Å²) >= 11 is 0. The van der Waals surface area contributed by atoms with E-state index in [-0.39, 0.29) is 23.5 Å². The third-order valence-electron chi connectivity index (χ3n) is 5.89. The molecule has 0 bridgehead atoms. The minimum absolute atomic E-state index is 0.0432. The van der Waals surface area contributed by atoms with Crippen LogP contribution in [0.3, 0.4) is 0 Å². The summed E-state index contributed by atoms with van der Waals surface area (Å²) in [5.74, 6) is -0.715. The van der Waals surface area contributed by atoms with Crippen LogP contribution in [0.15, 0.2) is 41.5 Å². The van der Waals surface area contributed by atoms with Gasteiger partial charge in [0, 0.05) is 31.3 Å². The van der Waals surface area contributed by atoms with Gasteiger partial charge in [-0.15, -0.1) is 0 Å². The number of alkyl halides is 2. The van der Waals surface area contributed by atoms with Crippen molar-refractivity contribution in [2.75, 3.05) is 18.4 Å². The Morgan fingerprint density at radius 1 is 1.24 bits per heavy atom. The van der Waals surface area contributed by atoms with Gasteiger partial charge in [0.2, 0.25) is 0 Å². The van der Waals surface area contributed by atoms with Gasteiger partial charge in [-0.1, -0.05) is 24.3 Å². The standard InChI is InChI=1S/C23H22F3N5O3/c1-12(14-6-3-7-15(18(14)24)19(25)26)29-20-17-9-16(13-5-4-8-31(10-13)23(33)34)22(32)30(2)21(17)28-11-27-20/h3,5-7,9,11-12,19H,4,8,10H2,1-2H3,(H,33,34)(H,27,28,29). The van der Waals surface area contributed by atoms with Gasteiger partial charge in [-0.05, 0) is 25.0 Å². The zero-order valence-electron chi connectivity index (χ0n) is 18.4. The van der Waals surface area contributed by atoms with E-state index in [9.17, 15) is 27.9 Å². The average Bonchev–Trinajstić information content (AvgIpc) is 2.81. The van der Waals surface area contributed by atoms with Gasteiger partial charge in [0.15, 0.2) is 0 Å². The van der Waals surface area contributed by atoms with Crippen molar-refractivity contribution >= 4 is 28.5 Å². The van der Waals surface area contributed by atoms with Gasteiger partial charge in [-0.3, -0.25) is 9.36 Å². The topological polar surface area (TPSA) is 100 Å². The van der Waals surface area contributed by atoms with Crippen molar-refractivity contribution in [3.8, 4) is 0 Å². The number of pyridine rings is 1. The van der Waals surface area contributed by atoms with Crippen LogP contribution >= 0.6 is 0 Å². The van der Waals surface area contributed by atoms with Gasteiger partial charge < -0.3 is 15.3 Å². The van der Waals surface area contributed by atoms with Crippen LogP contribution in [-0.4, -0.2) is 43.7 Å². The molecule has 1 atom stereocenters. The molecule has 1 aliphatic rings. The largest absolute Gasteiger partial charge is 0.465 e. The lowest BCUT2D eigenvalue weighted by Crippen LogP contribution is -2.35. The number of nitrogens with one attached hydrogen (secondary N) is 1. The maximum atomic E-state index is 14.7. The third-order valence-corrected chi connectivity index (χ3v) is 5.89. The minimum Gasteiger partial charge on any atom is -0.465 e. The first-order valence-corrected chi connectivity index (χ1v) is 10.5. The first-order valence-electron chi connectivity index (χ1n) is 10.5. The lowest BCUT2D eigenvalue weighted by Gasteiger charge is -2.25. The number of rotatable bonds is 5. The molecule has 0 spiro atoms. The van der Waals surface area contributed by atoms with Crippen LogP contribution in [0.2, 0.25) is 0 Å². The highest BCUT2D eigenvalue weighted by atomic mass is 19.3. The summed E-state index contributed by atoms with van der Waals surface area (Å²) in [7, 11) is 1.54. The smallest absolute Gasteiger partial charge is 0.407 e. The van der Waals surface area contributed by atoms with E-state index in [0.717, 1.165) is 6.07 Å². The van der Waals surface area contributed by atoms with Crippen LogP contribution in [0, 0.1) is 5.82 Å². The second-order valence-electron chi connectivity index (χ2n) is 8.02. The van der Waals surface area contributed by atoms with Crippen LogP contribution in [-0.2, 0) is 7.05 Å². The molecule has 1 amide bonds.